The Balaban J connectivity index is 3.53. The predicted octanol–water partition coefficient (Wildman–Crippen LogP) is 8.06. The van der Waals surface area contributed by atoms with Crippen molar-refractivity contribution in [3.8, 4) is 0 Å². The first kappa shape index (κ1) is 29.9. The molecule has 0 aliphatic carbocycles. The highest BCUT2D eigenvalue weighted by molar-refractivity contribution is 7.53. The molecule has 0 aromatic carbocycles. The lowest BCUT2D eigenvalue weighted by atomic mass is 10.0. The van der Waals surface area contributed by atoms with Gasteiger partial charge < -0.3 is 13.9 Å². The highest BCUT2D eigenvalue weighted by atomic mass is 31.2. The standard InChI is InChI=1S/C25H52NO3P/c1-6-8-9-10-11-12-13-14-15-16-17-18-19-20-21-22-23-24-29-30(27,28)25(7-2)26(3,4)5/h21-22,25H,6-20,23-24H2,1-5H3/p+1/b22-21-. The van der Waals surface area contributed by atoms with Crippen molar-refractivity contribution < 1.29 is 18.5 Å². The van der Waals surface area contributed by atoms with E-state index in [4.69, 9.17) is 4.52 Å². The molecule has 0 rings (SSSR count). The molecular formula is C25H53NO3P+. The molecule has 0 aliphatic heterocycles. The number of allylic oxidation sites excluding steroid dienone is 1. The van der Waals surface area contributed by atoms with Crippen molar-refractivity contribution in [1.82, 2.24) is 0 Å². The van der Waals surface area contributed by atoms with E-state index in [-0.39, 0.29) is 5.78 Å². The van der Waals surface area contributed by atoms with Crippen LogP contribution in [0.2, 0.25) is 0 Å². The van der Waals surface area contributed by atoms with Crippen LogP contribution in [-0.4, -0.2) is 42.9 Å². The number of quaternary nitrogens is 1. The average Bonchev–Trinajstić information content (AvgIpc) is 2.66. The van der Waals surface area contributed by atoms with Crippen LogP contribution in [-0.2, 0) is 9.09 Å². The molecule has 1 N–H and O–H groups in total. The third-order valence-electron chi connectivity index (χ3n) is 5.84. The average molecular weight is 447 g/mol. The van der Waals surface area contributed by atoms with Crippen molar-refractivity contribution in [3.05, 3.63) is 12.2 Å². The van der Waals surface area contributed by atoms with Gasteiger partial charge in [0.05, 0.1) is 27.7 Å². The van der Waals surface area contributed by atoms with Crippen LogP contribution in [0, 0.1) is 0 Å². The van der Waals surface area contributed by atoms with E-state index < -0.39 is 7.60 Å². The van der Waals surface area contributed by atoms with Crippen molar-refractivity contribution in [3.63, 3.8) is 0 Å². The fraction of sp³-hybridized carbons (Fsp3) is 0.920. The van der Waals surface area contributed by atoms with Gasteiger partial charge >= 0.3 is 7.60 Å². The predicted molar refractivity (Wildman–Crippen MR) is 132 cm³/mol. The molecule has 0 saturated heterocycles. The van der Waals surface area contributed by atoms with Gasteiger partial charge in [0, 0.05) is 6.42 Å². The van der Waals surface area contributed by atoms with Gasteiger partial charge in [-0.2, -0.15) is 0 Å². The Morgan fingerprint density at radius 2 is 1.20 bits per heavy atom. The fourth-order valence-corrected chi connectivity index (χ4v) is 5.95. The Kier molecular flexibility index (Phi) is 18.3. The molecule has 0 amide bonds. The van der Waals surface area contributed by atoms with E-state index in [9.17, 15) is 9.46 Å². The minimum Gasteiger partial charge on any atom is -0.320 e. The molecule has 2 unspecified atom stereocenters. The maximum Gasteiger partial charge on any atom is 0.385 e. The molecule has 0 fully saturated rings. The molecule has 0 aliphatic rings. The zero-order valence-corrected chi connectivity index (χ0v) is 21.8. The highest BCUT2D eigenvalue weighted by Gasteiger charge is 2.41. The van der Waals surface area contributed by atoms with Crippen LogP contribution >= 0.6 is 7.60 Å². The Labute approximate surface area is 188 Å². The summed E-state index contributed by atoms with van der Waals surface area (Å²) in [5.74, 6) is -0.368. The molecule has 0 aromatic rings. The summed E-state index contributed by atoms with van der Waals surface area (Å²) in [6.07, 6.45) is 24.7. The topological polar surface area (TPSA) is 46.5 Å². The first-order chi connectivity index (χ1) is 14.3. The van der Waals surface area contributed by atoms with Crippen molar-refractivity contribution in [2.24, 2.45) is 0 Å². The van der Waals surface area contributed by atoms with E-state index in [1.165, 1.54) is 83.5 Å². The molecule has 180 valence electrons. The van der Waals surface area contributed by atoms with Crippen molar-refractivity contribution >= 4 is 7.60 Å². The molecule has 2 atom stereocenters. The van der Waals surface area contributed by atoms with Gasteiger partial charge in [0.2, 0.25) is 0 Å². The minimum absolute atomic E-state index is 0.319. The molecule has 0 spiro atoms. The van der Waals surface area contributed by atoms with Crippen LogP contribution in [0.1, 0.15) is 117 Å². The van der Waals surface area contributed by atoms with Crippen molar-refractivity contribution in [2.45, 2.75) is 122 Å². The fourth-order valence-electron chi connectivity index (χ4n) is 4.07. The normalized spacial score (nSPS) is 15.5. The van der Waals surface area contributed by atoms with Gasteiger partial charge in [-0.1, -0.05) is 103 Å². The second-order valence-corrected chi connectivity index (χ2v) is 11.7. The lowest BCUT2D eigenvalue weighted by molar-refractivity contribution is -0.883. The Morgan fingerprint density at radius 3 is 1.63 bits per heavy atom. The number of hydrogen-bond donors (Lipinski definition) is 1. The summed E-state index contributed by atoms with van der Waals surface area (Å²) in [7, 11) is 2.24. The van der Waals surface area contributed by atoms with Gasteiger partial charge in [-0.25, -0.2) is 0 Å². The zero-order valence-electron chi connectivity index (χ0n) is 20.9. The van der Waals surface area contributed by atoms with E-state index in [1.54, 1.807) is 0 Å². The SMILES string of the molecule is CCCCCCCCCCCCCCC/C=C\CCOP(=O)(O)C(CC)[N+](C)(C)C. The van der Waals surface area contributed by atoms with Gasteiger partial charge in [0.15, 0.2) is 5.78 Å². The van der Waals surface area contributed by atoms with Gasteiger partial charge in [-0.3, -0.25) is 4.57 Å². The lowest BCUT2D eigenvalue weighted by Gasteiger charge is -2.35. The largest absolute Gasteiger partial charge is 0.385 e. The van der Waals surface area contributed by atoms with Crippen LogP contribution in [0.15, 0.2) is 12.2 Å². The molecule has 30 heavy (non-hydrogen) atoms. The number of hydrogen-bond acceptors (Lipinski definition) is 2. The first-order valence-electron chi connectivity index (χ1n) is 12.7. The number of nitrogens with zero attached hydrogens (tertiary/aromatic N) is 1. The first-order valence-corrected chi connectivity index (χ1v) is 14.3. The Hall–Kier alpha value is -0.150. The Morgan fingerprint density at radius 1 is 0.767 bits per heavy atom. The maximum absolute atomic E-state index is 12.5. The van der Waals surface area contributed by atoms with Crippen LogP contribution in [0.3, 0.4) is 0 Å². The minimum atomic E-state index is -3.58. The maximum atomic E-state index is 12.5. The number of unbranched alkanes of at least 4 members (excludes halogenated alkanes) is 13. The molecule has 0 aromatic heterocycles. The van der Waals surface area contributed by atoms with E-state index >= 15 is 0 Å². The second kappa shape index (κ2) is 18.4. The third-order valence-corrected chi connectivity index (χ3v) is 8.20. The molecule has 5 heteroatoms. The van der Waals surface area contributed by atoms with E-state index in [1.807, 2.05) is 28.1 Å². The van der Waals surface area contributed by atoms with E-state index in [2.05, 4.69) is 19.1 Å². The summed E-state index contributed by atoms with van der Waals surface area (Å²) in [5.41, 5.74) is 0. The van der Waals surface area contributed by atoms with Crippen molar-refractivity contribution in [2.75, 3.05) is 27.7 Å². The molecule has 4 nitrogen and oxygen atoms in total. The summed E-state index contributed by atoms with van der Waals surface area (Å²) in [4.78, 5) is 10.2. The van der Waals surface area contributed by atoms with Gasteiger partial charge in [0.1, 0.15) is 0 Å². The van der Waals surface area contributed by atoms with Crippen LogP contribution in [0.25, 0.3) is 0 Å². The van der Waals surface area contributed by atoms with Crippen molar-refractivity contribution in [1.29, 1.82) is 0 Å². The summed E-state index contributed by atoms with van der Waals surface area (Å²) in [5, 5.41) is 0. The molecule has 0 radical (unpaired) electrons. The quantitative estimate of drug-likeness (QED) is 0.0839. The Bertz CT molecular complexity index is 460. The van der Waals surface area contributed by atoms with Gasteiger partial charge in [-0.15, -0.1) is 0 Å². The molecule has 0 bridgehead atoms. The van der Waals surface area contributed by atoms with Crippen LogP contribution in [0.4, 0.5) is 0 Å². The molecular weight excluding hydrogens is 393 g/mol. The van der Waals surface area contributed by atoms with E-state index in [0.717, 1.165) is 6.42 Å². The number of rotatable bonds is 21. The zero-order chi connectivity index (χ0) is 22.7. The molecule has 0 saturated carbocycles. The summed E-state index contributed by atoms with van der Waals surface area (Å²) in [6, 6.07) is 0. The monoisotopic (exact) mass is 446 g/mol. The summed E-state index contributed by atoms with van der Waals surface area (Å²) >= 11 is 0. The second-order valence-electron chi connectivity index (χ2n) is 9.69. The third kappa shape index (κ3) is 16.5. The molecule has 0 heterocycles. The van der Waals surface area contributed by atoms with Crippen LogP contribution < -0.4 is 0 Å². The van der Waals surface area contributed by atoms with E-state index in [0.29, 0.717) is 23.9 Å². The smallest absolute Gasteiger partial charge is 0.320 e. The summed E-state index contributed by atoms with van der Waals surface area (Å²) in [6.45, 7) is 4.54. The lowest BCUT2D eigenvalue weighted by Crippen LogP contribution is -2.44. The van der Waals surface area contributed by atoms with Gasteiger partial charge in [0.25, 0.3) is 0 Å². The van der Waals surface area contributed by atoms with Crippen LogP contribution in [0.5, 0.6) is 0 Å². The highest BCUT2D eigenvalue weighted by Crippen LogP contribution is 2.51. The van der Waals surface area contributed by atoms with Gasteiger partial charge in [-0.05, 0) is 19.3 Å². The summed E-state index contributed by atoms with van der Waals surface area (Å²) < 4.78 is 18.3.